The van der Waals surface area contributed by atoms with E-state index in [2.05, 4.69) is 0 Å². The van der Waals surface area contributed by atoms with E-state index in [1.807, 2.05) is 30.5 Å². The number of ether oxygens (including phenoxy) is 6. The molecule has 0 spiro atoms. The van der Waals surface area contributed by atoms with Crippen LogP contribution in [0.3, 0.4) is 0 Å². The van der Waals surface area contributed by atoms with Crippen molar-refractivity contribution >= 4 is 45.5 Å². The normalized spacial score (nSPS) is 24.1. The molecule has 1 aromatic carbocycles. The number of benzene rings is 1. The van der Waals surface area contributed by atoms with Crippen LogP contribution in [0, 0.1) is 0 Å². The first-order valence-corrected chi connectivity index (χ1v) is 12.9. The first-order chi connectivity index (χ1) is 16.1. The standard InChI is InChI=1S/C22H28O10S2/c1-12(23)27-11-17-19(29-13(2)24)20(30-14(3)25)21(31-15(4)26)22(32-17)28-10-16-8-6-7-9-18(16)34-33-5/h6-9,17,19-22H,10-11H2,1-5H3/t17-,19-,20+,21-,22-/m1/s1. The van der Waals surface area contributed by atoms with E-state index < -0.39 is 54.6 Å². The average Bonchev–Trinajstić information content (AvgIpc) is 2.74. The molecule has 0 bridgehead atoms. The molecule has 1 saturated heterocycles. The predicted molar refractivity (Wildman–Crippen MR) is 123 cm³/mol. The molecule has 1 aromatic rings. The van der Waals surface area contributed by atoms with Gasteiger partial charge in [-0.05, 0) is 17.9 Å². The molecular formula is C22H28O10S2. The third-order valence-electron chi connectivity index (χ3n) is 4.50. The molecule has 1 heterocycles. The summed E-state index contributed by atoms with van der Waals surface area (Å²) >= 11 is 0. The summed E-state index contributed by atoms with van der Waals surface area (Å²) in [5.41, 5.74) is 0.856. The lowest BCUT2D eigenvalue weighted by Crippen LogP contribution is -2.62. The van der Waals surface area contributed by atoms with Gasteiger partial charge in [0, 0.05) is 32.6 Å². The van der Waals surface area contributed by atoms with E-state index in [1.54, 1.807) is 21.6 Å². The van der Waals surface area contributed by atoms with Crippen LogP contribution in [0.1, 0.15) is 33.3 Å². The van der Waals surface area contributed by atoms with Crippen molar-refractivity contribution in [3.63, 3.8) is 0 Å². The van der Waals surface area contributed by atoms with Crippen molar-refractivity contribution in [3.8, 4) is 0 Å². The maximum Gasteiger partial charge on any atom is 0.303 e. The van der Waals surface area contributed by atoms with Gasteiger partial charge in [0.25, 0.3) is 0 Å². The molecule has 0 radical (unpaired) electrons. The van der Waals surface area contributed by atoms with E-state index >= 15 is 0 Å². The molecule has 1 aliphatic rings. The van der Waals surface area contributed by atoms with Crippen molar-refractivity contribution in [1.29, 1.82) is 0 Å². The Balaban J connectivity index is 2.38. The molecule has 0 saturated carbocycles. The van der Waals surface area contributed by atoms with Gasteiger partial charge in [0.2, 0.25) is 0 Å². The monoisotopic (exact) mass is 516 g/mol. The summed E-state index contributed by atoms with van der Waals surface area (Å²) in [5, 5.41) is 0. The molecule has 5 atom stereocenters. The van der Waals surface area contributed by atoms with Crippen LogP contribution in [0.15, 0.2) is 29.2 Å². The highest BCUT2D eigenvalue weighted by Gasteiger charge is 2.52. The Morgan fingerprint density at radius 2 is 1.44 bits per heavy atom. The molecule has 0 aliphatic carbocycles. The lowest BCUT2D eigenvalue weighted by atomic mass is 9.98. The molecule has 0 aromatic heterocycles. The first kappa shape index (κ1) is 28.0. The Morgan fingerprint density at radius 3 is 2.03 bits per heavy atom. The molecule has 10 nitrogen and oxygen atoms in total. The largest absolute Gasteiger partial charge is 0.463 e. The minimum atomic E-state index is -1.26. The minimum absolute atomic E-state index is 0.0808. The van der Waals surface area contributed by atoms with Gasteiger partial charge in [-0.3, -0.25) is 19.2 Å². The highest BCUT2D eigenvalue weighted by molar-refractivity contribution is 8.76. The summed E-state index contributed by atoms with van der Waals surface area (Å²) in [6.45, 7) is 4.49. The molecule has 0 N–H and O–H groups in total. The Kier molecular flexibility index (Phi) is 11.2. The van der Waals surface area contributed by atoms with Crippen molar-refractivity contribution in [1.82, 2.24) is 0 Å². The lowest BCUT2D eigenvalue weighted by molar-refractivity contribution is -0.310. The van der Waals surface area contributed by atoms with Crippen LogP contribution in [-0.4, -0.2) is 67.4 Å². The van der Waals surface area contributed by atoms with Crippen LogP contribution in [0.4, 0.5) is 0 Å². The third-order valence-corrected chi connectivity index (χ3v) is 6.28. The van der Waals surface area contributed by atoms with Crippen molar-refractivity contribution in [2.75, 3.05) is 12.9 Å². The predicted octanol–water partition coefficient (Wildman–Crippen LogP) is 2.66. The topological polar surface area (TPSA) is 124 Å². The van der Waals surface area contributed by atoms with Gasteiger partial charge in [-0.15, -0.1) is 0 Å². The molecule has 1 aliphatic heterocycles. The quantitative estimate of drug-likeness (QED) is 0.258. The summed E-state index contributed by atoms with van der Waals surface area (Å²) in [6.07, 6.45) is -4.05. The van der Waals surface area contributed by atoms with Gasteiger partial charge >= 0.3 is 23.9 Å². The van der Waals surface area contributed by atoms with E-state index in [9.17, 15) is 19.2 Å². The number of carbonyl (C=O) groups excluding carboxylic acids is 4. The van der Waals surface area contributed by atoms with E-state index in [1.165, 1.54) is 13.8 Å². The molecule has 12 heteroatoms. The molecule has 188 valence electrons. The van der Waals surface area contributed by atoms with Crippen molar-refractivity contribution < 1.29 is 47.6 Å². The van der Waals surface area contributed by atoms with Gasteiger partial charge in [0.15, 0.2) is 24.6 Å². The summed E-state index contributed by atoms with van der Waals surface area (Å²) in [6, 6.07) is 7.57. The van der Waals surface area contributed by atoms with Gasteiger partial charge in [-0.1, -0.05) is 39.8 Å². The number of hydrogen-bond acceptors (Lipinski definition) is 12. The number of rotatable bonds is 10. The SMILES string of the molecule is CSSc1ccccc1CO[C@@H]1O[C@H](COC(C)=O)[C@@H](OC(C)=O)[C@H](OC(C)=O)[C@H]1OC(C)=O. The molecule has 0 unspecified atom stereocenters. The average molecular weight is 517 g/mol. The van der Waals surface area contributed by atoms with Gasteiger partial charge in [0.05, 0.1) is 6.61 Å². The maximum absolute atomic E-state index is 11.9. The number of esters is 4. The summed E-state index contributed by atoms with van der Waals surface area (Å²) in [7, 11) is 3.12. The van der Waals surface area contributed by atoms with Crippen molar-refractivity contribution in [3.05, 3.63) is 29.8 Å². The summed E-state index contributed by atoms with van der Waals surface area (Å²) in [5.74, 6) is -2.66. The first-order valence-electron chi connectivity index (χ1n) is 10.3. The molecule has 34 heavy (non-hydrogen) atoms. The van der Waals surface area contributed by atoms with E-state index in [4.69, 9.17) is 28.4 Å². The van der Waals surface area contributed by atoms with Gasteiger partial charge in [0.1, 0.15) is 12.7 Å². The van der Waals surface area contributed by atoms with Crippen LogP contribution in [0.25, 0.3) is 0 Å². The number of carbonyl (C=O) groups is 4. The van der Waals surface area contributed by atoms with Crippen LogP contribution in [0.2, 0.25) is 0 Å². The van der Waals surface area contributed by atoms with Gasteiger partial charge in [-0.2, -0.15) is 0 Å². The molecular weight excluding hydrogens is 488 g/mol. The van der Waals surface area contributed by atoms with Crippen LogP contribution < -0.4 is 0 Å². The Hall–Kier alpha value is -2.28. The van der Waals surface area contributed by atoms with Gasteiger partial charge in [-0.25, -0.2) is 0 Å². The smallest absolute Gasteiger partial charge is 0.303 e. The molecule has 0 amide bonds. The fraction of sp³-hybridized carbons (Fsp3) is 0.545. The minimum Gasteiger partial charge on any atom is -0.463 e. The molecule has 1 fully saturated rings. The zero-order valence-corrected chi connectivity index (χ0v) is 21.1. The highest BCUT2D eigenvalue weighted by Crippen LogP contribution is 2.34. The van der Waals surface area contributed by atoms with Crippen LogP contribution in [-0.2, 0) is 54.2 Å². The van der Waals surface area contributed by atoms with Crippen molar-refractivity contribution in [2.45, 2.75) is 69.9 Å². The van der Waals surface area contributed by atoms with E-state index in [-0.39, 0.29) is 13.2 Å². The second kappa shape index (κ2) is 13.6. The Bertz CT molecular complexity index is 877. The second-order valence-corrected chi connectivity index (χ2v) is 9.68. The fourth-order valence-electron chi connectivity index (χ4n) is 3.29. The van der Waals surface area contributed by atoms with Gasteiger partial charge < -0.3 is 28.4 Å². The van der Waals surface area contributed by atoms with Crippen LogP contribution in [0.5, 0.6) is 0 Å². The zero-order valence-electron chi connectivity index (χ0n) is 19.5. The van der Waals surface area contributed by atoms with Crippen LogP contribution >= 0.6 is 21.6 Å². The van der Waals surface area contributed by atoms with Crippen molar-refractivity contribution in [2.24, 2.45) is 0 Å². The van der Waals surface area contributed by atoms with E-state index in [0.717, 1.165) is 24.3 Å². The van der Waals surface area contributed by atoms with E-state index in [0.29, 0.717) is 0 Å². The summed E-state index contributed by atoms with van der Waals surface area (Å²) in [4.78, 5) is 47.9. The lowest BCUT2D eigenvalue weighted by Gasteiger charge is -2.44. The Labute approximate surface area is 205 Å². The third kappa shape index (κ3) is 8.49. The highest BCUT2D eigenvalue weighted by atomic mass is 33.1. The Morgan fingerprint density at radius 1 is 0.853 bits per heavy atom. The molecule has 2 rings (SSSR count). The maximum atomic E-state index is 11.9. The summed E-state index contributed by atoms with van der Waals surface area (Å²) < 4.78 is 33.1. The fourth-order valence-corrected chi connectivity index (χ4v) is 4.86. The second-order valence-electron chi connectivity index (χ2n) is 7.24. The zero-order chi connectivity index (χ0) is 25.3. The number of hydrogen-bond donors (Lipinski definition) is 0.